The normalized spacial score (nSPS) is 10.8. The third kappa shape index (κ3) is 2.92. The Hall–Kier alpha value is -3.68. The summed E-state index contributed by atoms with van der Waals surface area (Å²) in [7, 11) is 0. The molecule has 4 aromatic rings. The standard InChI is InChI=1S/C17H13N7O/c1-11-6-7-16(23-22-11)24-15(8-9-19-24)21-17(25)14-10-18-12-4-2-3-5-13(12)20-14/h2-10H,1H3,(H,21,25). The minimum Gasteiger partial charge on any atom is -0.305 e. The Kier molecular flexibility index (Phi) is 3.62. The van der Waals surface area contributed by atoms with Crippen LogP contribution in [0.5, 0.6) is 0 Å². The van der Waals surface area contributed by atoms with Crippen LogP contribution in [0.15, 0.2) is 54.9 Å². The van der Waals surface area contributed by atoms with Crippen LogP contribution in [0.4, 0.5) is 5.82 Å². The molecule has 4 rings (SSSR count). The Bertz CT molecular complexity index is 1060. The fourth-order valence-electron chi connectivity index (χ4n) is 2.33. The molecule has 0 spiro atoms. The predicted molar refractivity (Wildman–Crippen MR) is 91.4 cm³/mol. The lowest BCUT2D eigenvalue weighted by Crippen LogP contribution is -2.17. The zero-order valence-corrected chi connectivity index (χ0v) is 13.3. The van der Waals surface area contributed by atoms with Crippen molar-refractivity contribution in [1.29, 1.82) is 0 Å². The van der Waals surface area contributed by atoms with Crippen LogP contribution in [-0.4, -0.2) is 35.9 Å². The molecule has 0 unspecified atom stereocenters. The molecule has 0 atom stereocenters. The Morgan fingerprint density at radius 1 is 1.04 bits per heavy atom. The second-order valence-corrected chi connectivity index (χ2v) is 5.36. The van der Waals surface area contributed by atoms with E-state index in [1.807, 2.05) is 37.3 Å². The van der Waals surface area contributed by atoms with Gasteiger partial charge in [-0.2, -0.15) is 14.9 Å². The first-order valence-electron chi connectivity index (χ1n) is 7.58. The van der Waals surface area contributed by atoms with E-state index < -0.39 is 0 Å². The van der Waals surface area contributed by atoms with Crippen molar-refractivity contribution in [3.8, 4) is 5.82 Å². The molecule has 122 valence electrons. The molecule has 8 nitrogen and oxygen atoms in total. The monoisotopic (exact) mass is 331 g/mol. The molecule has 1 N–H and O–H groups in total. The SMILES string of the molecule is Cc1ccc(-n2nccc2NC(=O)c2cnc3ccccc3n2)nn1. The van der Waals surface area contributed by atoms with Gasteiger partial charge >= 0.3 is 0 Å². The molecule has 3 heterocycles. The quantitative estimate of drug-likeness (QED) is 0.618. The number of hydrogen-bond acceptors (Lipinski definition) is 6. The number of nitrogens with zero attached hydrogens (tertiary/aromatic N) is 6. The van der Waals surface area contributed by atoms with Gasteiger partial charge in [-0.1, -0.05) is 12.1 Å². The highest BCUT2D eigenvalue weighted by Crippen LogP contribution is 2.14. The van der Waals surface area contributed by atoms with Gasteiger partial charge in [0.25, 0.3) is 5.91 Å². The van der Waals surface area contributed by atoms with Gasteiger partial charge in [0.2, 0.25) is 0 Å². The summed E-state index contributed by atoms with van der Waals surface area (Å²) in [5.74, 6) is 0.605. The molecule has 0 fully saturated rings. The molecule has 25 heavy (non-hydrogen) atoms. The number of benzene rings is 1. The number of aryl methyl sites for hydroxylation is 1. The van der Waals surface area contributed by atoms with Crippen LogP contribution in [-0.2, 0) is 0 Å². The minimum absolute atomic E-state index is 0.224. The summed E-state index contributed by atoms with van der Waals surface area (Å²) >= 11 is 0. The number of carbonyl (C=O) groups excluding carboxylic acids is 1. The van der Waals surface area contributed by atoms with Crippen molar-refractivity contribution < 1.29 is 4.79 Å². The Labute approximate surface area is 142 Å². The highest BCUT2D eigenvalue weighted by molar-refractivity contribution is 6.03. The molecular formula is C17H13N7O. The van der Waals surface area contributed by atoms with E-state index in [2.05, 4.69) is 30.6 Å². The van der Waals surface area contributed by atoms with Gasteiger partial charge < -0.3 is 5.32 Å². The van der Waals surface area contributed by atoms with Gasteiger partial charge in [0.1, 0.15) is 11.5 Å². The van der Waals surface area contributed by atoms with E-state index in [0.717, 1.165) is 11.2 Å². The van der Waals surface area contributed by atoms with E-state index in [0.29, 0.717) is 17.2 Å². The second kappa shape index (κ2) is 6.08. The number of fused-ring (bicyclic) bond motifs is 1. The summed E-state index contributed by atoms with van der Waals surface area (Å²) in [6.07, 6.45) is 3.02. The van der Waals surface area contributed by atoms with Crippen molar-refractivity contribution >= 4 is 22.8 Å². The molecule has 0 aliphatic rings. The third-order valence-electron chi connectivity index (χ3n) is 3.57. The average Bonchev–Trinajstić information content (AvgIpc) is 3.10. The summed E-state index contributed by atoms with van der Waals surface area (Å²) in [6.45, 7) is 1.85. The van der Waals surface area contributed by atoms with E-state index in [9.17, 15) is 4.79 Å². The average molecular weight is 331 g/mol. The lowest BCUT2D eigenvalue weighted by molar-refractivity contribution is 0.102. The van der Waals surface area contributed by atoms with Gasteiger partial charge in [-0.15, -0.1) is 5.10 Å². The molecule has 0 aliphatic heterocycles. The van der Waals surface area contributed by atoms with Crippen molar-refractivity contribution in [3.63, 3.8) is 0 Å². The maximum Gasteiger partial charge on any atom is 0.277 e. The van der Waals surface area contributed by atoms with Gasteiger partial charge in [-0.25, -0.2) is 4.98 Å². The number of rotatable bonds is 3. The molecule has 8 heteroatoms. The zero-order valence-electron chi connectivity index (χ0n) is 13.3. The van der Waals surface area contributed by atoms with Crippen LogP contribution < -0.4 is 5.32 Å². The van der Waals surface area contributed by atoms with Crippen LogP contribution in [0.25, 0.3) is 16.9 Å². The largest absolute Gasteiger partial charge is 0.305 e. The first-order valence-corrected chi connectivity index (χ1v) is 7.58. The lowest BCUT2D eigenvalue weighted by Gasteiger charge is -2.08. The van der Waals surface area contributed by atoms with Gasteiger partial charge in [-0.3, -0.25) is 9.78 Å². The van der Waals surface area contributed by atoms with Gasteiger partial charge in [0, 0.05) is 6.07 Å². The van der Waals surface area contributed by atoms with Crippen LogP contribution in [0, 0.1) is 6.92 Å². The number of para-hydroxylation sites is 2. The molecule has 1 amide bonds. The Balaban J connectivity index is 1.62. The summed E-state index contributed by atoms with van der Waals surface area (Å²) in [6, 6.07) is 12.7. The number of hydrogen-bond donors (Lipinski definition) is 1. The van der Waals surface area contributed by atoms with E-state index in [1.165, 1.54) is 10.9 Å². The van der Waals surface area contributed by atoms with Crippen LogP contribution >= 0.6 is 0 Å². The van der Waals surface area contributed by atoms with Crippen molar-refractivity contribution in [3.05, 3.63) is 66.2 Å². The summed E-state index contributed by atoms with van der Waals surface area (Å²) in [4.78, 5) is 21.1. The second-order valence-electron chi connectivity index (χ2n) is 5.36. The lowest BCUT2D eigenvalue weighted by atomic mass is 10.3. The number of aromatic nitrogens is 6. The fraction of sp³-hybridized carbons (Fsp3) is 0.0588. The maximum absolute atomic E-state index is 12.5. The number of amides is 1. The number of nitrogens with one attached hydrogen (secondary N) is 1. The molecule has 0 radical (unpaired) electrons. The van der Waals surface area contributed by atoms with Crippen LogP contribution in [0.1, 0.15) is 16.2 Å². The molecule has 0 bridgehead atoms. The topological polar surface area (TPSA) is 98.5 Å². The fourth-order valence-corrected chi connectivity index (χ4v) is 2.33. The smallest absolute Gasteiger partial charge is 0.277 e. The van der Waals surface area contributed by atoms with Gasteiger partial charge in [0.15, 0.2) is 5.82 Å². The van der Waals surface area contributed by atoms with Crippen molar-refractivity contribution in [1.82, 2.24) is 29.9 Å². The van der Waals surface area contributed by atoms with Crippen molar-refractivity contribution in [2.75, 3.05) is 5.32 Å². The number of anilines is 1. The molecule has 0 aliphatic carbocycles. The maximum atomic E-state index is 12.5. The van der Waals surface area contributed by atoms with E-state index >= 15 is 0 Å². The van der Waals surface area contributed by atoms with E-state index in [1.54, 1.807) is 18.3 Å². The molecular weight excluding hydrogens is 318 g/mol. The number of carbonyl (C=O) groups is 1. The Morgan fingerprint density at radius 2 is 1.88 bits per heavy atom. The summed E-state index contributed by atoms with van der Waals surface area (Å²) < 4.78 is 1.50. The zero-order chi connectivity index (χ0) is 17.2. The highest BCUT2D eigenvalue weighted by Gasteiger charge is 2.13. The van der Waals surface area contributed by atoms with Crippen LogP contribution in [0.2, 0.25) is 0 Å². The summed E-state index contributed by atoms with van der Waals surface area (Å²) in [5.41, 5.74) is 2.42. The molecule has 0 saturated heterocycles. The molecule has 0 saturated carbocycles. The van der Waals surface area contributed by atoms with Crippen molar-refractivity contribution in [2.24, 2.45) is 0 Å². The molecule has 3 aromatic heterocycles. The minimum atomic E-state index is -0.375. The Morgan fingerprint density at radius 3 is 2.68 bits per heavy atom. The van der Waals surface area contributed by atoms with Crippen LogP contribution in [0.3, 0.4) is 0 Å². The summed E-state index contributed by atoms with van der Waals surface area (Å²) in [5, 5.41) is 15.0. The van der Waals surface area contributed by atoms with E-state index in [-0.39, 0.29) is 11.6 Å². The van der Waals surface area contributed by atoms with Crippen molar-refractivity contribution in [2.45, 2.75) is 6.92 Å². The molecule has 1 aromatic carbocycles. The van der Waals surface area contributed by atoms with E-state index in [4.69, 9.17) is 0 Å². The van der Waals surface area contributed by atoms with Gasteiger partial charge in [0.05, 0.1) is 29.1 Å². The highest BCUT2D eigenvalue weighted by atomic mass is 16.2. The van der Waals surface area contributed by atoms with Gasteiger partial charge in [-0.05, 0) is 31.2 Å². The predicted octanol–water partition coefficient (Wildman–Crippen LogP) is 2.17. The third-order valence-corrected chi connectivity index (χ3v) is 3.57. The first kappa shape index (κ1) is 14.9. The first-order chi connectivity index (χ1) is 12.2.